The van der Waals surface area contributed by atoms with E-state index < -0.39 is 20.9 Å². The maximum atomic E-state index is 12.7. The maximum Gasteiger partial charge on any atom is 0.275 e. The van der Waals surface area contributed by atoms with Crippen LogP contribution in [-0.2, 0) is 15.6 Å². The summed E-state index contributed by atoms with van der Waals surface area (Å²) in [4.78, 5) is 20.2. The van der Waals surface area contributed by atoms with Gasteiger partial charge in [-0.15, -0.1) is 0 Å². The standard InChI is InChI=1S/C19H16ClN3O3S/c1-13-6-5-7-14(10-13)12-27(25,26)19-21-11-16(20)17(23-19)18(24)22-15-8-3-2-4-9-15/h2-11H,12H2,1H3,(H,22,24). The largest absolute Gasteiger partial charge is 0.321 e. The number of nitrogens with one attached hydrogen (secondary N) is 1. The molecule has 0 aliphatic rings. The second-order valence-electron chi connectivity index (χ2n) is 5.92. The summed E-state index contributed by atoms with van der Waals surface area (Å²) in [5.74, 6) is -0.878. The SMILES string of the molecule is Cc1cccc(CS(=O)(=O)c2ncc(Cl)c(C(=O)Nc3ccccc3)n2)c1. The summed E-state index contributed by atoms with van der Waals surface area (Å²) >= 11 is 6.01. The summed E-state index contributed by atoms with van der Waals surface area (Å²) < 4.78 is 25.3. The van der Waals surface area contributed by atoms with Gasteiger partial charge < -0.3 is 5.32 Å². The zero-order valence-electron chi connectivity index (χ0n) is 14.4. The van der Waals surface area contributed by atoms with Crippen LogP contribution in [0.2, 0.25) is 5.02 Å². The zero-order valence-corrected chi connectivity index (χ0v) is 16.0. The molecule has 2 aromatic carbocycles. The predicted molar refractivity (Wildman–Crippen MR) is 104 cm³/mol. The van der Waals surface area contributed by atoms with Gasteiger partial charge in [0, 0.05) is 5.69 Å². The van der Waals surface area contributed by atoms with Gasteiger partial charge >= 0.3 is 0 Å². The molecule has 1 aromatic heterocycles. The molecule has 8 heteroatoms. The second kappa shape index (κ2) is 7.85. The van der Waals surface area contributed by atoms with Crippen LogP contribution < -0.4 is 5.32 Å². The summed E-state index contributed by atoms with van der Waals surface area (Å²) in [7, 11) is -3.84. The molecule has 1 N–H and O–H groups in total. The number of hydrogen-bond acceptors (Lipinski definition) is 5. The normalized spacial score (nSPS) is 11.2. The van der Waals surface area contributed by atoms with Crippen LogP contribution in [0.1, 0.15) is 21.6 Å². The lowest BCUT2D eigenvalue weighted by Gasteiger charge is -2.08. The van der Waals surface area contributed by atoms with E-state index in [2.05, 4.69) is 15.3 Å². The summed E-state index contributed by atoms with van der Waals surface area (Å²) in [6, 6.07) is 15.9. The third kappa shape index (κ3) is 4.69. The molecule has 0 aliphatic carbocycles. The van der Waals surface area contributed by atoms with Crippen molar-refractivity contribution >= 4 is 33.0 Å². The molecule has 0 unspecified atom stereocenters. The Bertz CT molecular complexity index is 1090. The number of nitrogens with zero attached hydrogens (tertiary/aromatic N) is 2. The van der Waals surface area contributed by atoms with Crippen molar-refractivity contribution in [3.8, 4) is 0 Å². The molecule has 0 radical (unpaired) electrons. The van der Waals surface area contributed by atoms with Gasteiger partial charge in [0.2, 0.25) is 15.0 Å². The average Bonchev–Trinajstić information content (AvgIpc) is 2.62. The number of hydrogen-bond donors (Lipinski definition) is 1. The summed E-state index contributed by atoms with van der Waals surface area (Å²) in [5.41, 5.74) is 1.91. The number of sulfone groups is 1. The first-order chi connectivity index (χ1) is 12.8. The van der Waals surface area contributed by atoms with Crippen LogP contribution in [0.3, 0.4) is 0 Å². The molecule has 3 rings (SSSR count). The minimum Gasteiger partial charge on any atom is -0.321 e. The zero-order chi connectivity index (χ0) is 19.4. The molecular weight excluding hydrogens is 386 g/mol. The number of para-hydroxylation sites is 1. The number of aromatic nitrogens is 2. The minimum absolute atomic E-state index is 0.0297. The number of aryl methyl sites for hydroxylation is 1. The van der Waals surface area contributed by atoms with E-state index in [1.807, 2.05) is 19.1 Å². The Morgan fingerprint density at radius 1 is 1.11 bits per heavy atom. The van der Waals surface area contributed by atoms with Crippen LogP contribution in [0.25, 0.3) is 0 Å². The van der Waals surface area contributed by atoms with Gasteiger partial charge in [-0.3, -0.25) is 4.79 Å². The Kier molecular flexibility index (Phi) is 5.53. The lowest BCUT2D eigenvalue weighted by atomic mass is 10.2. The highest BCUT2D eigenvalue weighted by molar-refractivity contribution is 7.90. The summed E-state index contributed by atoms with van der Waals surface area (Å²) in [6.07, 6.45) is 1.12. The third-order valence-corrected chi connectivity index (χ3v) is 5.43. The number of carbonyl (C=O) groups is 1. The first-order valence-corrected chi connectivity index (χ1v) is 10.1. The number of amides is 1. The van der Waals surface area contributed by atoms with Crippen LogP contribution in [0, 0.1) is 6.92 Å². The molecule has 0 spiro atoms. The van der Waals surface area contributed by atoms with E-state index in [1.165, 1.54) is 0 Å². The van der Waals surface area contributed by atoms with Gasteiger partial charge in [-0.1, -0.05) is 59.6 Å². The van der Waals surface area contributed by atoms with E-state index in [0.29, 0.717) is 11.3 Å². The maximum absolute atomic E-state index is 12.7. The van der Waals surface area contributed by atoms with Gasteiger partial charge in [0.25, 0.3) is 5.91 Å². The Labute approximate surface area is 162 Å². The van der Waals surface area contributed by atoms with Crippen LogP contribution >= 0.6 is 11.6 Å². The molecule has 6 nitrogen and oxygen atoms in total. The van der Waals surface area contributed by atoms with Gasteiger partial charge in [0.1, 0.15) is 0 Å². The molecule has 1 heterocycles. The quantitative estimate of drug-likeness (QED) is 0.659. The topological polar surface area (TPSA) is 89.0 Å². The fraction of sp³-hybridized carbons (Fsp3) is 0.105. The van der Waals surface area contributed by atoms with Crippen molar-refractivity contribution in [1.29, 1.82) is 0 Å². The molecule has 0 bridgehead atoms. The Hall–Kier alpha value is -2.77. The Morgan fingerprint density at radius 2 is 1.85 bits per heavy atom. The van der Waals surface area contributed by atoms with Crippen molar-refractivity contribution in [3.63, 3.8) is 0 Å². The fourth-order valence-electron chi connectivity index (χ4n) is 2.46. The van der Waals surface area contributed by atoms with Crippen LogP contribution in [0.15, 0.2) is 66.0 Å². The minimum atomic E-state index is -3.84. The van der Waals surface area contributed by atoms with Crippen molar-refractivity contribution in [1.82, 2.24) is 9.97 Å². The van der Waals surface area contributed by atoms with E-state index in [1.54, 1.807) is 42.5 Å². The van der Waals surface area contributed by atoms with Gasteiger partial charge in [-0.05, 0) is 24.6 Å². The van der Waals surface area contributed by atoms with Crippen LogP contribution in [0.5, 0.6) is 0 Å². The van der Waals surface area contributed by atoms with Crippen molar-refractivity contribution in [2.45, 2.75) is 17.8 Å². The molecule has 3 aromatic rings. The monoisotopic (exact) mass is 401 g/mol. The van der Waals surface area contributed by atoms with Crippen LogP contribution in [-0.4, -0.2) is 24.3 Å². The van der Waals surface area contributed by atoms with E-state index in [4.69, 9.17) is 11.6 Å². The molecular formula is C19H16ClN3O3S. The molecule has 27 heavy (non-hydrogen) atoms. The van der Waals surface area contributed by atoms with Gasteiger partial charge in [0.15, 0.2) is 5.69 Å². The first kappa shape index (κ1) is 19.0. The molecule has 0 saturated heterocycles. The van der Waals surface area contributed by atoms with Crippen molar-refractivity contribution < 1.29 is 13.2 Å². The van der Waals surface area contributed by atoms with E-state index in [9.17, 15) is 13.2 Å². The van der Waals surface area contributed by atoms with E-state index in [-0.39, 0.29) is 16.5 Å². The lowest BCUT2D eigenvalue weighted by molar-refractivity contribution is 0.102. The summed E-state index contributed by atoms with van der Waals surface area (Å²) in [5, 5.41) is 2.16. The molecule has 1 amide bonds. The number of anilines is 1. The number of carbonyl (C=O) groups excluding carboxylic acids is 1. The molecule has 0 atom stereocenters. The van der Waals surface area contributed by atoms with Crippen molar-refractivity contribution in [3.05, 3.63) is 82.6 Å². The number of benzene rings is 2. The highest BCUT2D eigenvalue weighted by Gasteiger charge is 2.23. The molecule has 138 valence electrons. The highest BCUT2D eigenvalue weighted by atomic mass is 35.5. The predicted octanol–water partition coefficient (Wildman–Crippen LogP) is 3.66. The Balaban J connectivity index is 1.89. The number of rotatable bonds is 5. The van der Waals surface area contributed by atoms with Crippen LogP contribution in [0.4, 0.5) is 5.69 Å². The third-order valence-electron chi connectivity index (χ3n) is 3.69. The highest BCUT2D eigenvalue weighted by Crippen LogP contribution is 2.19. The van der Waals surface area contributed by atoms with Crippen molar-refractivity contribution in [2.24, 2.45) is 0 Å². The summed E-state index contributed by atoms with van der Waals surface area (Å²) in [6.45, 7) is 1.88. The molecule has 0 saturated carbocycles. The van der Waals surface area contributed by atoms with Crippen molar-refractivity contribution in [2.75, 3.05) is 5.32 Å². The Morgan fingerprint density at radius 3 is 2.56 bits per heavy atom. The first-order valence-electron chi connectivity index (χ1n) is 8.02. The second-order valence-corrected chi connectivity index (χ2v) is 8.21. The van der Waals surface area contributed by atoms with Gasteiger partial charge in [0.05, 0.1) is 17.0 Å². The molecule has 0 aliphatic heterocycles. The fourth-order valence-corrected chi connectivity index (χ4v) is 3.83. The van der Waals surface area contributed by atoms with E-state index >= 15 is 0 Å². The van der Waals surface area contributed by atoms with Gasteiger partial charge in [-0.25, -0.2) is 18.4 Å². The lowest BCUT2D eigenvalue weighted by Crippen LogP contribution is -2.18. The van der Waals surface area contributed by atoms with E-state index in [0.717, 1.165) is 11.8 Å². The average molecular weight is 402 g/mol. The molecule has 0 fully saturated rings. The number of halogens is 1. The smallest absolute Gasteiger partial charge is 0.275 e. The van der Waals surface area contributed by atoms with Gasteiger partial charge in [-0.2, -0.15) is 0 Å².